The molecule has 9 nitrogen and oxygen atoms in total. The van der Waals surface area contributed by atoms with Crippen molar-refractivity contribution in [2.75, 3.05) is 11.6 Å². The minimum atomic E-state index is -1.98. The van der Waals surface area contributed by atoms with E-state index in [1.165, 1.54) is 0 Å². The first-order valence-electron chi connectivity index (χ1n) is 14.3. The Kier molecular flexibility index (Phi) is 10.3. The molecule has 1 aliphatic heterocycles. The van der Waals surface area contributed by atoms with E-state index in [2.05, 4.69) is 108 Å². The summed E-state index contributed by atoms with van der Waals surface area (Å²) in [5.74, 6) is 0.692. The predicted octanol–water partition coefficient (Wildman–Crippen LogP) is 5.43. The third-order valence-electron chi connectivity index (χ3n) is 5.50. The van der Waals surface area contributed by atoms with Crippen LogP contribution in [0.4, 0.5) is 5.95 Å². The van der Waals surface area contributed by atoms with Crippen LogP contribution < -0.4 is 9.57 Å². The zero-order valence-electron chi connectivity index (χ0n) is 27.4. The second-order valence-corrected chi connectivity index (χ2v) is 48.1. The molecule has 0 radical (unpaired) electrons. The maximum absolute atomic E-state index is 6.90. The average molecular weight is 707 g/mol. The second kappa shape index (κ2) is 12.1. The van der Waals surface area contributed by atoms with Gasteiger partial charge in [0.05, 0.1) is 0 Å². The van der Waals surface area contributed by atoms with Crippen LogP contribution in [0, 0.1) is 0 Å². The summed E-state index contributed by atoms with van der Waals surface area (Å²) in [5.41, 5.74) is 1.68. The fourth-order valence-electron chi connectivity index (χ4n) is 4.31. The predicted molar refractivity (Wildman–Crippen MR) is 181 cm³/mol. The van der Waals surface area contributed by atoms with E-state index in [0.717, 1.165) is 15.8 Å². The van der Waals surface area contributed by atoms with Gasteiger partial charge in [-0.15, -0.1) is 0 Å². The van der Waals surface area contributed by atoms with Gasteiger partial charge in [0.25, 0.3) is 0 Å². The van der Waals surface area contributed by atoms with Gasteiger partial charge >= 0.3 is 254 Å². The van der Waals surface area contributed by atoms with Gasteiger partial charge in [0.1, 0.15) is 0 Å². The molecule has 0 bridgehead atoms. The molecule has 0 unspecified atom stereocenters. The first kappa shape index (κ1) is 34.3. The molecule has 0 saturated carbocycles. The zero-order valence-corrected chi connectivity index (χ0v) is 34.1. The van der Waals surface area contributed by atoms with E-state index in [-0.39, 0.29) is 32.6 Å². The Bertz CT molecular complexity index is 1170. The number of nitrogens with one attached hydrogen (secondary N) is 1. The summed E-state index contributed by atoms with van der Waals surface area (Å²) >= 11 is 0.241. The molecule has 0 spiro atoms. The van der Waals surface area contributed by atoms with Crippen molar-refractivity contribution in [3.63, 3.8) is 0 Å². The third-order valence-corrected chi connectivity index (χ3v) is 15.9. The molecule has 2 aromatic rings. The topological polar surface area (TPSA) is 92.6 Å². The molecule has 0 aliphatic carbocycles. The van der Waals surface area contributed by atoms with Crippen LogP contribution >= 0.6 is 0 Å². The molecule has 0 aromatic carbocycles. The van der Waals surface area contributed by atoms with Crippen LogP contribution in [0.1, 0.15) is 6.23 Å². The van der Waals surface area contributed by atoms with Crippen LogP contribution in [0.3, 0.4) is 0 Å². The monoisotopic (exact) mass is 707 g/mol. The molecule has 1 saturated heterocycles. The average Bonchev–Trinajstić information content (AvgIpc) is 3.23. The minimum absolute atomic E-state index is 0.232. The quantitative estimate of drug-likeness (QED) is 0.293. The summed E-state index contributed by atoms with van der Waals surface area (Å²) in [6.45, 7) is 33.0. The van der Waals surface area contributed by atoms with E-state index in [9.17, 15) is 0 Å². The number of fused-ring (bicyclic) bond motifs is 1. The van der Waals surface area contributed by atoms with Gasteiger partial charge in [-0.1, -0.05) is 0 Å². The van der Waals surface area contributed by atoms with Crippen LogP contribution in [0.25, 0.3) is 11.2 Å². The summed E-state index contributed by atoms with van der Waals surface area (Å²) in [7, 11) is -7.36. The summed E-state index contributed by atoms with van der Waals surface area (Å²) in [6, 6.07) is 0. The first-order chi connectivity index (χ1) is 17.9. The van der Waals surface area contributed by atoms with Gasteiger partial charge in [0, 0.05) is 0 Å². The van der Waals surface area contributed by atoms with E-state index in [0.29, 0.717) is 12.6 Å². The van der Waals surface area contributed by atoms with Crippen molar-refractivity contribution in [2.24, 2.45) is 0 Å². The number of rotatable bonds is 12. The Morgan fingerprint density at radius 2 is 1.40 bits per heavy atom. The van der Waals surface area contributed by atoms with Gasteiger partial charge in [-0.3, -0.25) is 0 Å². The molecule has 228 valence electrons. The van der Waals surface area contributed by atoms with Crippen molar-refractivity contribution in [1.82, 2.24) is 19.5 Å². The molecule has 3 heterocycles. The van der Waals surface area contributed by atoms with Crippen LogP contribution in [0.5, 0.6) is 0 Å². The summed E-state index contributed by atoms with van der Waals surface area (Å²) in [4.78, 5) is 18.6. The van der Waals surface area contributed by atoms with Crippen molar-refractivity contribution in [3.8, 4) is 0 Å². The van der Waals surface area contributed by atoms with Crippen LogP contribution in [0.2, 0.25) is 98.2 Å². The Hall–Kier alpha value is -0.206. The normalized spacial score (nSPS) is 23.3. The molecule has 1 aliphatic rings. The summed E-state index contributed by atoms with van der Waals surface area (Å²) < 4.78 is 30.2. The zero-order chi connectivity index (χ0) is 30.5. The summed E-state index contributed by atoms with van der Waals surface area (Å²) in [5, 5.41) is 0. The number of aromatic nitrogens is 4. The molecule has 15 heteroatoms. The molecule has 0 amide bonds. The summed E-state index contributed by atoms with van der Waals surface area (Å²) in [6.07, 6.45) is 0.689. The number of nitrogens with zero attached hydrogens (tertiary/aromatic N) is 4. The van der Waals surface area contributed by atoms with Gasteiger partial charge in [0.15, 0.2) is 0 Å². The van der Waals surface area contributed by atoms with Crippen LogP contribution in [0.15, 0.2) is 6.33 Å². The molecule has 1 N–H and O–H groups in total. The van der Waals surface area contributed by atoms with Crippen molar-refractivity contribution < 1.29 is 18.0 Å². The van der Waals surface area contributed by atoms with Crippen molar-refractivity contribution in [2.45, 2.75) is 123 Å². The van der Waals surface area contributed by atoms with E-state index in [1.54, 1.807) is 0 Å². The Morgan fingerprint density at radius 3 is 1.90 bits per heavy atom. The number of anilines is 1. The molecule has 2 aromatic heterocycles. The van der Waals surface area contributed by atoms with E-state index < -0.39 is 46.1 Å². The Labute approximate surface area is 253 Å². The van der Waals surface area contributed by atoms with Crippen molar-refractivity contribution in [3.05, 3.63) is 6.33 Å². The fourth-order valence-corrected chi connectivity index (χ4v) is 13.7. The number of hydrogen-bond donors (Lipinski definition) is 1. The Morgan fingerprint density at radius 1 is 0.825 bits per heavy atom. The van der Waals surface area contributed by atoms with E-state index in [4.69, 9.17) is 33.0 Å². The SMILES string of the molecule is C[Si](C)(C)Nc1nc([Se][Si](C)(C)C)c2ncn([C@@H]3O[C@H](CO[Si](C)(C)C)[C@@H](O[Si](C)(C)C)[C@H]3O[Si](C)(C)C)c2n1. The third kappa shape index (κ3) is 10.2. The first-order valence-corrected chi connectivity index (χ1v) is 34.8. The second-order valence-electron chi connectivity index (χ2n) is 15.6. The number of hydrogen-bond acceptors (Lipinski definition) is 8. The van der Waals surface area contributed by atoms with Crippen molar-refractivity contribution >= 4 is 75.9 Å². The van der Waals surface area contributed by atoms with Gasteiger partial charge in [-0.05, 0) is 0 Å². The molecule has 1 fully saturated rings. The fraction of sp³-hybridized carbons (Fsp3) is 0.800. The maximum atomic E-state index is 6.90. The van der Waals surface area contributed by atoms with Gasteiger partial charge in [-0.25, -0.2) is 0 Å². The molecule has 4 atom stereocenters. The molecule has 40 heavy (non-hydrogen) atoms. The number of ether oxygens (including phenoxy) is 1. The van der Waals surface area contributed by atoms with E-state index >= 15 is 0 Å². The molecular weight excluding hydrogens is 654 g/mol. The standard InChI is InChI=1S/C25H53N5O4SeSi5/c1-36(2,3)29-25-27-22-19(23(28-25)35-40(13,14)15)26-17-30(22)24-21(34-39(10,11)12)20(33-38(7,8)9)18(32-24)16-31-37(4,5)6/h17-18,20-21,24H,16H2,1-15H3,(H,27,28,29)/t18-,20-,21-,24-/m1/s1. The molecule has 3 rings (SSSR count). The van der Waals surface area contributed by atoms with Crippen molar-refractivity contribution in [1.29, 1.82) is 0 Å². The molecular formula is C25H53N5O4SeSi5. The number of imidazole rings is 1. The van der Waals surface area contributed by atoms with Crippen LogP contribution in [-0.2, 0) is 18.0 Å². The van der Waals surface area contributed by atoms with Gasteiger partial charge in [-0.2, -0.15) is 0 Å². The van der Waals surface area contributed by atoms with E-state index in [1.807, 2.05) is 6.33 Å². The Balaban J connectivity index is 2.17. The van der Waals surface area contributed by atoms with Crippen LogP contribution in [-0.4, -0.2) is 98.6 Å². The van der Waals surface area contributed by atoms with Gasteiger partial charge < -0.3 is 0 Å². The van der Waals surface area contributed by atoms with Gasteiger partial charge in [0.2, 0.25) is 0 Å².